The molecule has 0 aromatic heterocycles. The lowest BCUT2D eigenvalue weighted by molar-refractivity contribution is -0.303. The first-order chi connectivity index (χ1) is 17.4. The molecule has 1 aromatic carbocycles. The van der Waals surface area contributed by atoms with E-state index in [1.807, 2.05) is 26.0 Å². The molecule has 5 aliphatic rings. The minimum atomic E-state index is -1.13. The number of halogens is 3. The van der Waals surface area contributed by atoms with E-state index in [-0.39, 0.29) is 40.4 Å². The quantitative estimate of drug-likeness (QED) is 0.387. The van der Waals surface area contributed by atoms with Crippen LogP contribution in [0.25, 0.3) is 0 Å². The Kier molecular flexibility index (Phi) is 6.36. The number of rotatable bonds is 4. The van der Waals surface area contributed by atoms with Crippen molar-refractivity contribution in [1.82, 2.24) is 0 Å². The molecule has 0 amide bonds. The third-order valence-corrected chi connectivity index (χ3v) is 11.4. The molecule has 1 spiro atoms. The van der Waals surface area contributed by atoms with Crippen molar-refractivity contribution in [2.45, 2.75) is 91.7 Å². The van der Waals surface area contributed by atoms with Crippen LogP contribution in [0.5, 0.6) is 0 Å². The van der Waals surface area contributed by atoms with Crippen LogP contribution in [0.4, 0.5) is 0 Å². The van der Waals surface area contributed by atoms with Crippen molar-refractivity contribution >= 4 is 50.9 Å². The Labute approximate surface area is 234 Å². The van der Waals surface area contributed by atoms with Crippen LogP contribution < -0.4 is 0 Å². The molecule has 2 N–H and O–H groups in total. The SMILES string of the molecule is Cc1c([C@H](C(Cl)Cl)[C@H](O)[C@H]2C[C@H](C)C(=O)O2)ccc2c1C(=O)[C@H]1[C@H]2C[C@@H](Br)[C@@]23O[C@@H](CO[C@H]2O)C[C@]13C. The molecule has 4 fully saturated rings. The van der Waals surface area contributed by atoms with Crippen molar-refractivity contribution in [3.05, 3.63) is 34.4 Å². The lowest BCUT2D eigenvalue weighted by atomic mass is 9.54. The van der Waals surface area contributed by atoms with Crippen LogP contribution in [0, 0.1) is 24.2 Å². The molecule has 3 aliphatic heterocycles. The van der Waals surface area contributed by atoms with Crippen LogP contribution in [0.15, 0.2) is 12.1 Å². The molecule has 0 radical (unpaired) electrons. The van der Waals surface area contributed by atoms with Gasteiger partial charge in [0.25, 0.3) is 0 Å². The van der Waals surface area contributed by atoms with Gasteiger partial charge >= 0.3 is 5.97 Å². The van der Waals surface area contributed by atoms with Gasteiger partial charge in [-0.15, -0.1) is 23.2 Å². The summed E-state index contributed by atoms with van der Waals surface area (Å²) in [5, 5.41) is 22.2. The molecule has 3 heterocycles. The van der Waals surface area contributed by atoms with Gasteiger partial charge in [-0.3, -0.25) is 9.59 Å². The maximum Gasteiger partial charge on any atom is 0.309 e. The summed E-state index contributed by atoms with van der Waals surface area (Å²) in [4.78, 5) is 25.1. The van der Waals surface area contributed by atoms with Crippen molar-refractivity contribution in [2.24, 2.45) is 17.3 Å². The van der Waals surface area contributed by atoms with Crippen LogP contribution >= 0.6 is 39.1 Å². The molecule has 3 saturated heterocycles. The van der Waals surface area contributed by atoms with Gasteiger partial charge in [0.2, 0.25) is 0 Å². The monoisotopic (exact) mass is 616 g/mol. The molecule has 0 unspecified atom stereocenters. The maximum absolute atomic E-state index is 14.3. The minimum Gasteiger partial charge on any atom is -0.459 e. The Morgan fingerprint density at radius 1 is 1.22 bits per heavy atom. The molecule has 7 nitrogen and oxygen atoms in total. The molecule has 37 heavy (non-hydrogen) atoms. The normalized spacial score (nSPS) is 43.9. The van der Waals surface area contributed by atoms with Crippen molar-refractivity contribution in [3.63, 3.8) is 0 Å². The summed E-state index contributed by atoms with van der Waals surface area (Å²) in [6, 6.07) is 3.85. The van der Waals surface area contributed by atoms with Gasteiger partial charge in [-0.1, -0.05) is 41.9 Å². The largest absolute Gasteiger partial charge is 0.459 e. The third-order valence-electron chi connectivity index (χ3n) is 9.83. The van der Waals surface area contributed by atoms with Gasteiger partial charge in [0.1, 0.15) is 22.6 Å². The Morgan fingerprint density at radius 3 is 2.59 bits per heavy atom. The van der Waals surface area contributed by atoms with Gasteiger partial charge in [-0.25, -0.2) is 0 Å². The molecule has 1 saturated carbocycles. The third kappa shape index (κ3) is 3.45. The molecule has 2 bridgehead atoms. The van der Waals surface area contributed by atoms with Crippen LogP contribution in [0.2, 0.25) is 0 Å². The molecule has 10 heteroatoms. The molecular weight excluding hydrogens is 587 g/mol. The summed E-state index contributed by atoms with van der Waals surface area (Å²) in [6.45, 7) is 5.98. The summed E-state index contributed by atoms with van der Waals surface area (Å²) in [5.74, 6) is -1.83. The number of hydrogen-bond acceptors (Lipinski definition) is 7. The van der Waals surface area contributed by atoms with Crippen LogP contribution in [-0.2, 0) is 19.0 Å². The van der Waals surface area contributed by atoms with E-state index in [2.05, 4.69) is 15.9 Å². The number of hydrogen-bond donors (Lipinski definition) is 2. The number of esters is 1. The average Bonchev–Trinajstić information content (AvgIpc) is 3.41. The first-order valence-corrected chi connectivity index (χ1v) is 14.7. The number of benzene rings is 1. The maximum atomic E-state index is 14.3. The summed E-state index contributed by atoms with van der Waals surface area (Å²) in [5.41, 5.74) is 1.34. The van der Waals surface area contributed by atoms with E-state index in [0.717, 1.165) is 11.1 Å². The number of carbonyl (C=O) groups is 2. The first kappa shape index (κ1) is 26.5. The zero-order valence-corrected chi connectivity index (χ0v) is 23.9. The highest BCUT2D eigenvalue weighted by Crippen LogP contribution is 2.68. The van der Waals surface area contributed by atoms with Gasteiger partial charge in [-0.05, 0) is 48.8 Å². The zero-order chi connectivity index (χ0) is 26.6. The highest BCUT2D eigenvalue weighted by atomic mass is 79.9. The number of ether oxygens (including phenoxy) is 3. The zero-order valence-electron chi connectivity index (χ0n) is 20.8. The van der Waals surface area contributed by atoms with Crippen LogP contribution in [0.1, 0.15) is 72.0 Å². The number of aliphatic hydroxyl groups is 2. The van der Waals surface area contributed by atoms with E-state index in [9.17, 15) is 19.8 Å². The number of carbonyl (C=O) groups excluding carboxylic acids is 2. The van der Waals surface area contributed by atoms with Crippen LogP contribution in [0.3, 0.4) is 0 Å². The molecule has 202 valence electrons. The number of alkyl halides is 3. The fourth-order valence-electron chi connectivity index (χ4n) is 8.12. The minimum absolute atomic E-state index is 0.0128. The lowest BCUT2D eigenvalue weighted by Gasteiger charge is -2.55. The van der Waals surface area contributed by atoms with Gasteiger partial charge in [-0.2, -0.15) is 0 Å². The second kappa shape index (κ2) is 8.88. The van der Waals surface area contributed by atoms with E-state index in [0.29, 0.717) is 37.0 Å². The topological polar surface area (TPSA) is 102 Å². The van der Waals surface area contributed by atoms with Gasteiger partial charge in [0.15, 0.2) is 12.1 Å². The van der Waals surface area contributed by atoms with Gasteiger partial charge in [0, 0.05) is 27.6 Å². The summed E-state index contributed by atoms with van der Waals surface area (Å²) < 4.78 is 17.5. The molecule has 11 atom stereocenters. The van der Waals surface area contributed by atoms with Gasteiger partial charge in [0.05, 0.1) is 18.6 Å². The highest BCUT2D eigenvalue weighted by molar-refractivity contribution is 9.09. The van der Waals surface area contributed by atoms with Crippen molar-refractivity contribution in [2.75, 3.05) is 6.61 Å². The summed E-state index contributed by atoms with van der Waals surface area (Å²) in [6.07, 6.45) is -1.53. The predicted octanol–water partition coefficient (Wildman–Crippen LogP) is 4.14. The van der Waals surface area contributed by atoms with E-state index >= 15 is 0 Å². The summed E-state index contributed by atoms with van der Waals surface area (Å²) in [7, 11) is 0. The molecular formula is C27H31BrCl2O7. The van der Waals surface area contributed by atoms with Crippen molar-refractivity contribution in [1.29, 1.82) is 0 Å². The number of cyclic esters (lactones) is 1. The Hall–Kier alpha value is -0.740. The number of Topliss-reactive ketones (excluding diaryl/α,β-unsaturated/α-hetero) is 1. The smallest absolute Gasteiger partial charge is 0.309 e. The molecule has 1 aromatic rings. The number of aliphatic hydroxyl groups excluding tert-OH is 2. The van der Waals surface area contributed by atoms with E-state index in [1.54, 1.807) is 6.92 Å². The first-order valence-electron chi connectivity index (χ1n) is 12.9. The highest BCUT2D eigenvalue weighted by Gasteiger charge is 2.74. The Bertz CT molecular complexity index is 1160. The second-order valence-corrected chi connectivity index (χ2v) is 14.0. The summed E-state index contributed by atoms with van der Waals surface area (Å²) >= 11 is 16.6. The fraction of sp³-hybridized carbons (Fsp3) is 0.704. The number of ketones is 1. The van der Waals surface area contributed by atoms with E-state index in [4.69, 9.17) is 37.4 Å². The van der Waals surface area contributed by atoms with Gasteiger partial charge < -0.3 is 24.4 Å². The Balaban J connectivity index is 1.41. The fourth-order valence-corrected chi connectivity index (χ4v) is 9.95. The van der Waals surface area contributed by atoms with Crippen LogP contribution in [-0.4, -0.2) is 68.4 Å². The van der Waals surface area contributed by atoms with Crippen molar-refractivity contribution in [3.8, 4) is 0 Å². The van der Waals surface area contributed by atoms with E-state index < -0.39 is 40.3 Å². The molecule has 6 rings (SSSR count). The van der Waals surface area contributed by atoms with E-state index in [1.165, 1.54) is 0 Å². The van der Waals surface area contributed by atoms with Crippen molar-refractivity contribution < 1.29 is 34.0 Å². The second-order valence-electron chi connectivity index (χ2n) is 11.7. The standard InChI is InChI=1S/C27H31BrCl2O7/c1-10-6-16(36-24(10)33)21(31)19(23(29)30)13-4-5-14-15-7-17(28)27-25(34)35-9-12(37-27)8-26(27,3)20(15)22(32)18(14)11(13)2/h4-5,10,12,15-17,19-21,23,25,31,34H,6-9H2,1-3H3/t10-,12+,15-,16+,17+,19-,20+,21+,25+,26+,27+/m0/s1. The average molecular weight is 618 g/mol. The lowest BCUT2D eigenvalue weighted by Crippen LogP contribution is -2.66. The molecule has 2 aliphatic carbocycles. The number of fused-ring (bicyclic) bond motifs is 5. The predicted molar refractivity (Wildman–Crippen MR) is 139 cm³/mol. The Morgan fingerprint density at radius 2 is 1.95 bits per heavy atom.